The lowest BCUT2D eigenvalue weighted by molar-refractivity contribution is 0.318. The zero-order valence-electron chi connectivity index (χ0n) is 10.2. The lowest BCUT2D eigenvalue weighted by atomic mass is 10.1. The first-order chi connectivity index (χ1) is 9.11. The van der Waals surface area contributed by atoms with E-state index in [2.05, 4.69) is 10.1 Å². The monoisotopic (exact) mass is 296 g/mol. The number of hydrogen-bond acceptors (Lipinski definition) is 5. The Kier molecular flexibility index (Phi) is 4.24. The Labute approximate surface area is 119 Å². The average Bonchev–Trinajstić information content (AvgIpc) is 2.90. The highest BCUT2D eigenvalue weighted by Crippen LogP contribution is 2.24. The number of nitrogens with two attached hydrogens (primary N) is 1. The van der Waals surface area contributed by atoms with Crippen molar-refractivity contribution in [1.82, 2.24) is 4.98 Å². The second-order valence-electron chi connectivity index (χ2n) is 3.98. The molecular formula is C12H13ClN4OS. The Hall–Kier alpha value is -1.79. The van der Waals surface area contributed by atoms with Gasteiger partial charge in [-0.3, -0.25) is 0 Å². The van der Waals surface area contributed by atoms with Gasteiger partial charge in [0, 0.05) is 28.7 Å². The molecule has 0 spiro atoms. The van der Waals surface area contributed by atoms with E-state index in [-0.39, 0.29) is 5.84 Å². The van der Waals surface area contributed by atoms with Crippen LogP contribution < -0.4 is 10.6 Å². The number of aromatic nitrogens is 1. The summed E-state index contributed by atoms with van der Waals surface area (Å²) >= 11 is 7.49. The second-order valence-corrected chi connectivity index (χ2v) is 5.14. The number of oxime groups is 1. The molecule has 19 heavy (non-hydrogen) atoms. The highest BCUT2D eigenvalue weighted by Gasteiger charge is 2.12. The molecule has 0 radical (unpaired) electrons. The van der Waals surface area contributed by atoms with Crippen LogP contribution in [0.1, 0.15) is 11.3 Å². The predicted octanol–water partition coefficient (Wildman–Crippen LogP) is 2.53. The summed E-state index contributed by atoms with van der Waals surface area (Å²) < 4.78 is 0. The third-order valence-corrected chi connectivity index (χ3v) is 3.51. The SMILES string of the molecule is CN(Cc1cscn1)c1ccc(Cl)cc1/C(N)=N/O. The van der Waals surface area contributed by atoms with Crippen LogP contribution >= 0.6 is 22.9 Å². The molecule has 0 aliphatic carbocycles. The molecule has 100 valence electrons. The van der Waals surface area contributed by atoms with Gasteiger partial charge >= 0.3 is 0 Å². The molecule has 0 aliphatic heterocycles. The Balaban J connectivity index is 2.33. The van der Waals surface area contributed by atoms with Crippen molar-refractivity contribution in [3.8, 4) is 0 Å². The molecule has 0 unspecified atom stereocenters. The molecule has 0 saturated carbocycles. The maximum atomic E-state index is 8.83. The summed E-state index contributed by atoms with van der Waals surface area (Å²) in [6.45, 7) is 0.636. The minimum atomic E-state index is 0.0302. The van der Waals surface area contributed by atoms with E-state index in [4.69, 9.17) is 22.5 Å². The predicted molar refractivity (Wildman–Crippen MR) is 78.2 cm³/mol. The third kappa shape index (κ3) is 3.15. The largest absolute Gasteiger partial charge is 0.409 e. The van der Waals surface area contributed by atoms with Gasteiger partial charge in [0.05, 0.1) is 17.7 Å². The van der Waals surface area contributed by atoms with E-state index in [0.29, 0.717) is 17.1 Å². The molecule has 3 N–H and O–H groups in total. The van der Waals surface area contributed by atoms with Gasteiger partial charge in [0.15, 0.2) is 5.84 Å². The first kappa shape index (κ1) is 13.6. The molecular weight excluding hydrogens is 284 g/mol. The van der Waals surface area contributed by atoms with Crippen LogP contribution in [0.5, 0.6) is 0 Å². The van der Waals surface area contributed by atoms with Gasteiger partial charge in [-0.05, 0) is 18.2 Å². The summed E-state index contributed by atoms with van der Waals surface area (Å²) in [4.78, 5) is 6.20. The first-order valence-corrected chi connectivity index (χ1v) is 6.79. The molecule has 1 heterocycles. The molecule has 0 atom stereocenters. The molecule has 1 aromatic carbocycles. The maximum absolute atomic E-state index is 8.83. The fourth-order valence-electron chi connectivity index (χ4n) is 1.74. The molecule has 2 aromatic rings. The van der Waals surface area contributed by atoms with E-state index < -0.39 is 0 Å². The fourth-order valence-corrected chi connectivity index (χ4v) is 2.47. The van der Waals surface area contributed by atoms with Crippen LogP contribution in [0, 0.1) is 0 Å². The van der Waals surface area contributed by atoms with Gasteiger partial charge in [0.25, 0.3) is 0 Å². The number of hydrogen-bond donors (Lipinski definition) is 2. The number of thiazole rings is 1. The van der Waals surface area contributed by atoms with E-state index in [1.165, 1.54) is 0 Å². The van der Waals surface area contributed by atoms with Gasteiger partial charge in [0.1, 0.15) is 0 Å². The smallest absolute Gasteiger partial charge is 0.172 e. The molecule has 0 bridgehead atoms. The van der Waals surface area contributed by atoms with Crippen LogP contribution in [0.25, 0.3) is 0 Å². The fraction of sp³-hybridized carbons (Fsp3) is 0.167. The van der Waals surface area contributed by atoms with E-state index in [1.54, 1.807) is 29.0 Å². The average molecular weight is 297 g/mol. The Morgan fingerprint density at radius 2 is 2.37 bits per heavy atom. The quantitative estimate of drug-likeness (QED) is 0.393. The van der Waals surface area contributed by atoms with Crippen molar-refractivity contribution < 1.29 is 5.21 Å². The minimum Gasteiger partial charge on any atom is -0.409 e. The van der Waals surface area contributed by atoms with Crippen LogP contribution in [-0.4, -0.2) is 23.1 Å². The van der Waals surface area contributed by atoms with Crippen molar-refractivity contribution in [2.75, 3.05) is 11.9 Å². The Morgan fingerprint density at radius 1 is 1.58 bits per heavy atom. The maximum Gasteiger partial charge on any atom is 0.172 e. The summed E-state index contributed by atoms with van der Waals surface area (Å²) in [5.41, 5.74) is 9.85. The van der Waals surface area contributed by atoms with Gasteiger partial charge in [-0.2, -0.15) is 0 Å². The third-order valence-electron chi connectivity index (χ3n) is 2.64. The lowest BCUT2D eigenvalue weighted by Gasteiger charge is -2.21. The van der Waals surface area contributed by atoms with Crippen LogP contribution in [-0.2, 0) is 6.54 Å². The summed E-state index contributed by atoms with van der Waals surface area (Å²) in [7, 11) is 1.91. The summed E-state index contributed by atoms with van der Waals surface area (Å²) in [5.74, 6) is 0.0302. The van der Waals surface area contributed by atoms with Crippen molar-refractivity contribution in [2.24, 2.45) is 10.9 Å². The van der Waals surface area contributed by atoms with E-state index in [0.717, 1.165) is 11.4 Å². The van der Waals surface area contributed by atoms with Crippen LogP contribution in [0.15, 0.2) is 34.2 Å². The molecule has 0 saturated heterocycles. The summed E-state index contributed by atoms with van der Waals surface area (Å²) in [6, 6.07) is 5.27. The van der Waals surface area contributed by atoms with Crippen LogP contribution in [0.2, 0.25) is 5.02 Å². The molecule has 5 nitrogen and oxygen atoms in total. The second kappa shape index (κ2) is 5.90. The number of amidine groups is 1. The zero-order chi connectivity index (χ0) is 13.8. The van der Waals surface area contributed by atoms with Crippen molar-refractivity contribution in [3.63, 3.8) is 0 Å². The number of benzene rings is 1. The van der Waals surface area contributed by atoms with Crippen molar-refractivity contribution in [1.29, 1.82) is 0 Å². The lowest BCUT2D eigenvalue weighted by Crippen LogP contribution is -2.22. The summed E-state index contributed by atoms with van der Waals surface area (Å²) in [6.07, 6.45) is 0. The topological polar surface area (TPSA) is 74.7 Å². The number of anilines is 1. The van der Waals surface area contributed by atoms with E-state index >= 15 is 0 Å². The van der Waals surface area contributed by atoms with Gasteiger partial charge in [-0.15, -0.1) is 11.3 Å². The number of halogens is 1. The van der Waals surface area contributed by atoms with Crippen molar-refractivity contribution >= 4 is 34.5 Å². The molecule has 1 aromatic heterocycles. The van der Waals surface area contributed by atoms with Gasteiger partial charge < -0.3 is 15.8 Å². The minimum absolute atomic E-state index is 0.0302. The zero-order valence-corrected chi connectivity index (χ0v) is 11.8. The van der Waals surface area contributed by atoms with Crippen molar-refractivity contribution in [2.45, 2.75) is 6.54 Å². The number of nitrogens with zero attached hydrogens (tertiary/aromatic N) is 3. The Bertz CT molecular complexity index is 585. The normalized spacial score (nSPS) is 11.6. The molecule has 0 aliphatic rings. The highest BCUT2D eigenvalue weighted by molar-refractivity contribution is 7.07. The van der Waals surface area contributed by atoms with E-state index in [9.17, 15) is 0 Å². The highest BCUT2D eigenvalue weighted by atomic mass is 35.5. The standard InChI is InChI=1S/C12H13ClN4OS/c1-17(5-9-6-19-7-15-9)11-3-2-8(13)4-10(11)12(14)16-18/h2-4,6-7,18H,5H2,1H3,(H2,14,16). The molecule has 7 heteroatoms. The summed E-state index contributed by atoms with van der Waals surface area (Å²) in [5, 5.41) is 14.4. The van der Waals surface area contributed by atoms with Gasteiger partial charge in [-0.25, -0.2) is 4.98 Å². The van der Waals surface area contributed by atoms with Gasteiger partial charge in [0.2, 0.25) is 0 Å². The molecule has 0 amide bonds. The van der Waals surface area contributed by atoms with Gasteiger partial charge in [-0.1, -0.05) is 16.8 Å². The van der Waals surface area contributed by atoms with Crippen LogP contribution in [0.3, 0.4) is 0 Å². The number of rotatable bonds is 4. The Morgan fingerprint density at radius 3 is 3.00 bits per heavy atom. The first-order valence-electron chi connectivity index (χ1n) is 5.47. The van der Waals surface area contributed by atoms with E-state index in [1.807, 2.05) is 23.4 Å². The van der Waals surface area contributed by atoms with Crippen LogP contribution in [0.4, 0.5) is 5.69 Å². The van der Waals surface area contributed by atoms with Crippen molar-refractivity contribution in [3.05, 3.63) is 45.4 Å². The molecule has 0 fully saturated rings. The molecule has 2 rings (SSSR count).